The van der Waals surface area contributed by atoms with Gasteiger partial charge < -0.3 is 10.0 Å². The average molecular weight is 269 g/mol. The van der Waals surface area contributed by atoms with Crippen LogP contribution in [0.4, 0.5) is 5.82 Å². The lowest BCUT2D eigenvalue weighted by atomic mass is 10.4. The highest BCUT2D eigenvalue weighted by atomic mass is 16.4. The Morgan fingerprint density at radius 3 is 2.74 bits per heavy atom. The fourth-order valence-corrected chi connectivity index (χ4v) is 2.09. The van der Waals surface area contributed by atoms with E-state index >= 15 is 0 Å². The predicted octanol–water partition coefficient (Wildman–Crippen LogP) is -1.95. The molecule has 1 aromatic heterocycles. The molecule has 2 rings (SSSR count). The van der Waals surface area contributed by atoms with Crippen LogP contribution in [0.3, 0.4) is 0 Å². The van der Waals surface area contributed by atoms with Crippen LogP contribution in [0.25, 0.3) is 0 Å². The van der Waals surface area contributed by atoms with Crippen LogP contribution >= 0.6 is 0 Å². The Hall–Kier alpha value is -2.16. The maximum absolute atomic E-state index is 11.6. The van der Waals surface area contributed by atoms with Gasteiger partial charge in [0, 0.05) is 26.2 Å². The second-order valence-electron chi connectivity index (χ2n) is 4.34. The van der Waals surface area contributed by atoms with E-state index in [0.29, 0.717) is 26.2 Å². The van der Waals surface area contributed by atoms with Crippen molar-refractivity contribution in [3.63, 3.8) is 0 Å². The zero-order valence-corrected chi connectivity index (χ0v) is 10.3. The van der Waals surface area contributed by atoms with Gasteiger partial charge in [0.25, 0.3) is 5.56 Å². The van der Waals surface area contributed by atoms with Gasteiger partial charge in [-0.25, -0.2) is 9.89 Å². The number of hydrogen-bond donors (Lipinski definition) is 3. The molecule has 3 N–H and O–H groups in total. The van der Waals surface area contributed by atoms with Gasteiger partial charge in [-0.2, -0.15) is 0 Å². The normalized spacial score (nSPS) is 17.2. The molecule has 1 aliphatic rings. The second-order valence-corrected chi connectivity index (χ2v) is 4.34. The summed E-state index contributed by atoms with van der Waals surface area (Å²) >= 11 is 0. The average Bonchev–Trinajstić information content (AvgIpc) is 2.54. The molecule has 104 valence electrons. The second kappa shape index (κ2) is 5.65. The topological polar surface area (TPSA) is 122 Å². The molecule has 1 aromatic rings. The molecular weight excluding hydrogens is 254 g/mol. The number of nitrogens with zero attached hydrogens (tertiary/aromatic N) is 3. The molecule has 0 radical (unpaired) electrons. The Bertz CT molecular complexity index is 566. The standard InChI is InChI=1S/C10H15N5O4/c16-7(17)6-14-2-1-3-15(5-4-14)8-9(18)11-10(19)13-12-8/h1-6H2,(H,16,17)(H2,11,13,18,19). The Labute approximate surface area is 107 Å². The first kappa shape index (κ1) is 13.3. The maximum Gasteiger partial charge on any atom is 0.342 e. The minimum Gasteiger partial charge on any atom is -0.480 e. The van der Waals surface area contributed by atoms with Crippen LogP contribution in [0, 0.1) is 0 Å². The van der Waals surface area contributed by atoms with Crippen molar-refractivity contribution in [2.24, 2.45) is 0 Å². The Balaban J connectivity index is 2.08. The van der Waals surface area contributed by atoms with E-state index in [1.54, 1.807) is 4.90 Å². The number of carboxylic acids is 1. The monoisotopic (exact) mass is 269 g/mol. The summed E-state index contributed by atoms with van der Waals surface area (Å²) in [5.41, 5.74) is -1.17. The van der Waals surface area contributed by atoms with E-state index in [0.717, 1.165) is 6.42 Å². The molecule has 1 fully saturated rings. The summed E-state index contributed by atoms with van der Waals surface area (Å²) in [4.78, 5) is 38.9. The van der Waals surface area contributed by atoms with Crippen LogP contribution in [0.2, 0.25) is 0 Å². The highest BCUT2D eigenvalue weighted by Crippen LogP contribution is 2.07. The number of aromatic amines is 2. The summed E-state index contributed by atoms with van der Waals surface area (Å²) in [6.45, 7) is 2.27. The van der Waals surface area contributed by atoms with E-state index in [-0.39, 0.29) is 12.4 Å². The van der Waals surface area contributed by atoms with Crippen molar-refractivity contribution in [2.75, 3.05) is 37.6 Å². The van der Waals surface area contributed by atoms with Gasteiger partial charge in [0.15, 0.2) is 0 Å². The van der Waals surface area contributed by atoms with Gasteiger partial charge in [0.1, 0.15) is 0 Å². The van der Waals surface area contributed by atoms with Gasteiger partial charge in [-0.05, 0) is 6.42 Å². The van der Waals surface area contributed by atoms with Crippen molar-refractivity contribution >= 4 is 11.8 Å². The predicted molar refractivity (Wildman–Crippen MR) is 66.4 cm³/mol. The summed E-state index contributed by atoms with van der Waals surface area (Å²) in [7, 11) is 0. The number of carbonyl (C=O) groups is 1. The molecule has 19 heavy (non-hydrogen) atoms. The van der Waals surface area contributed by atoms with Gasteiger partial charge >= 0.3 is 11.7 Å². The van der Waals surface area contributed by atoms with Crippen molar-refractivity contribution < 1.29 is 9.90 Å². The van der Waals surface area contributed by atoms with Gasteiger partial charge in [-0.1, -0.05) is 0 Å². The van der Waals surface area contributed by atoms with Crippen LogP contribution in [-0.2, 0) is 4.79 Å². The molecule has 0 atom stereocenters. The summed E-state index contributed by atoms with van der Waals surface area (Å²) in [6.07, 6.45) is 0.730. The van der Waals surface area contributed by atoms with E-state index in [2.05, 4.69) is 15.2 Å². The van der Waals surface area contributed by atoms with Crippen LogP contribution in [0.1, 0.15) is 6.42 Å². The molecule has 0 saturated carbocycles. The lowest BCUT2D eigenvalue weighted by molar-refractivity contribution is -0.138. The summed E-state index contributed by atoms with van der Waals surface area (Å²) < 4.78 is 0. The molecule has 1 aliphatic heterocycles. The van der Waals surface area contributed by atoms with Crippen LogP contribution < -0.4 is 16.1 Å². The summed E-state index contributed by atoms with van der Waals surface area (Å²) in [6, 6.07) is 0. The van der Waals surface area contributed by atoms with Crippen molar-refractivity contribution in [3.05, 3.63) is 20.8 Å². The van der Waals surface area contributed by atoms with E-state index in [4.69, 9.17) is 5.11 Å². The largest absolute Gasteiger partial charge is 0.480 e. The lowest BCUT2D eigenvalue weighted by Crippen LogP contribution is -2.38. The van der Waals surface area contributed by atoms with E-state index in [1.165, 1.54) is 0 Å². The van der Waals surface area contributed by atoms with Gasteiger partial charge in [0.2, 0.25) is 5.82 Å². The molecule has 0 aromatic carbocycles. The number of anilines is 1. The molecule has 9 heteroatoms. The number of nitrogens with one attached hydrogen (secondary N) is 2. The lowest BCUT2D eigenvalue weighted by Gasteiger charge is -2.20. The number of aromatic nitrogens is 3. The van der Waals surface area contributed by atoms with Crippen LogP contribution in [0.5, 0.6) is 0 Å². The van der Waals surface area contributed by atoms with Crippen LogP contribution in [0.15, 0.2) is 9.59 Å². The van der Waals surface area contributed by atoms with Crippen molar-refractivity contribution in [1.82, 2.24) is 20.1 Å². The summed E-state index contributed by atoms with van der Waals surface area (Å²) in [5.74, 6) is -0.703. The van der Waals surface area contributed by atoms with Gasteiger partial charge in [0.05, 0.1) is 6.54 Å². The number of rotatable bonds is 3. The first-order chi connectivity index (χ1) is 9.06. The Morgan fingerprint density at radius 1 is 1.26 bits per heavy atom. The number of H-pyrrole nitrogens is 2. The summed E-state index contributed by atoms with van der Waals surface area (Å²) in [5, 5.41) is 14.7. The minimum atomic E-state index is -0.867. The smallest absolute Gasteiger partial charge is 0.342 e. The molecule has 0 amide bonds. The van der Waals surface area contributed by atoms with Crippen molar-refractivity contribution in [1.29, 1.82) is 0 Å². The molecule has 2 heterocycles. The molecule has 0 spiro atoms. The van der Waals surface area contributed by atoms with Crippen molar-refractivity contribution in [2.45, 2.75) is 6.42 Å². The number of aliphatic carboxylic acids is 1. The van der Waals surface area contributed by atoms with Gasteiger partial charge in [-0.15, -0.1) is 5.10 Å². The minimum absolute atomic E-state index is 0.0107. The molecule has 0 bridgehead atoms. The highest BCUT2D eigenvalue weighted by molar-refractivity contribution is 5.69. The molecular formula is C10H15N5O4. The van der Waals surface area contributed by atoms with E-state index in [1.807, 2.05) is 4.90 Å². The highest BCUT2D eigenvalue weighted by Gasteiger charge is 2.19. The maximum atomic E-state index is 11.6. The Kier molecular flexibility index (Phi) is 3.95. The van der Waals surface area contributed by atoms with E-state index in [9.17, 15) is 14.4 Å². The first-order valence-electron chi connectivity index (χ1n) is 5.94. The third-order valence-electron chi connectivity index (χ3n) is 2.94. The molecule has 1 saturated heterocycles. The van der Waals surface area contributed by atoms with E-state index < -0.39 is 17.2 Å². The zero-order valence-electron chi connectivity index (χ0n) is 10.3. The first-order valence-corrected chi connectivity index (χ1v) is 5.94. The van der Waals surface area contributed by atoms with Gasteiger partial charge in [-0.3, -0.25) is 19.5 Å². The van der Waals surface area contributed by atoms with Crippen LogP contribution in [-0.4, -0.2) is 63.9 Å². The Morgan fingerprint density at radius 2 is 2.05 bits per heavy atom. The third-order valence-corrected chi connectivity index (χ3v) is 2.94. The fraction of sp³-hybridized carbons (Fsp3) is 0.600. The third kappa shape index (κ3) is 3.41. The molecule has 9 nitrogen and oxygen atoms in total. The molecule has 0 aliphatic carbocycles. The fourth-order valence-electron chi connectivity index (χ4n) is 2.09. The quantitative estimate of drug-likeness (QED) is 0.583. The van der Waals surface area contributed by atoms with Crippen molar-refractivity contribution in [3.8, 4) is 0 Å². The number of hydrogen-bond acceptors (Lipinski definition) is 6. The SMILES string of the molecule is O=C(O)CN1CCCN(c2n[nH]c(=O)[nH]c2=O)CC1. The number of carboxylic acid groups (broad SMARTS) is 1. The zero-order chi connectivity index (χ0) is 13.8. The molecule has 0 unspecified atom stereocenters.